The number of anilines is 1. The van der Waals surface area contributed by atoms with E-state index in [2.05, 4.69) is 5.32 Å². The molecule has 0 bridgehead atoms. The van der Waals surface area contributed by atoms with Gasteiger partial charge in [-0.25, -0.2) is 4.39 Å². The van der Waals surface area contributed by atoms with Gasteiger partial charge in [0.25, 0.3) is 0 Å². The number of furan rings is 1. The Balaban J connectivity index is 2.23. The Hall–Kier alpha value is -1.81. The maximum absolute atomic E-state index is 13.8. The highest BCUT2D eigenvalue weighted by atomic mass is 19.1. The molecule has 4 heteroatoms. The van der Waals surface area contributed by atoms with Crippen LogP contribution in [-0.4, -0.2) is 14.1 Å². The zero-order chi connectivity index (χ0) is 13.0. The maximum Gasteiger partial charge on any atom is 0.129 e. The van der Waals surface area contributed by atoms with Crippen molar-refractivity contribution < 1.29 is 8.81 Å². The molecule has 2 rings (SSSR count). The number of rotatable bonds is 5. The molecule has 0 amide bonds. The maximum atomic E-state index is 13.8. The van der Waals surface area contributed by atoms with E-state index < -0.39 is 0 Å². The SMILES string of the molecule is CNCc1c(F)cccc1N(C)Cc1ccco1. The van der Waals surface area contributed by atoms with Crippen LogP contribution in [0.2, 0.25) is 0 Å². The van der Waals surface area contributed by atoms with Crippen LogP contribution in [0.5, 0.6) is 0 Å². The Morgan fingerprint density at radius 2 is 2.11 bits per heavy atom. The fourth-order valence-corrected chi connectivity index (χ4v) is 1.98. The zero-order valence-corrected chi connectivity index (χ0v) is 10.6. The predicted octanol–water partition coefficient (Wildman–Crippen LogP) is 2.77. The largest absolute Gasteiger partial charge is 0.467 e. The fraction of sp³-hybridized carbons (Fsp3) is 0.286. The average Bonchev–Trinajstić information content (AvgIpc) is 2.84. The topological polar surface area (TPSA) is 28.4 Å². The van der Waals surface area contributed by atoms with Gasteiger partial charge >= 0.3 is 0 Å². The molecule has 0 fully saturated rings. The highest BCUT2D eigenvalue weighted by Gasteiger charge is 2.12. The van der Waals surface area contributed by atoms with Crippen molar-refractivity contribution in [3.05, 3.63) is 53.7 Å². The van der Waals surface area contributed by atoms with Gasteiger partial charge in [-0.05, 0) is 31.3 Å². The van der Waals surface area contributed by atoms with Crippen molar-refractivity contribution in [1.82, 2.24) is 5.32 Å². The van der Waals surface area contributed by atoms with E-state index in [9.17, 15) is 4.39 Å². The molecular weight excluding hydrogens is 231 g/mol. The van der Waals surface area contributed by atoms with Gasteiger partial charge in [0.05, 0.1) is 12.8 Å². The molecule has 0 unspecified atom stereocenters. The van der Waals surface area contributed by atoms with Crippen molar-refractivity contribution in [2.45, 2.75) is 13.1 Å². The molecule has 0 aliphatic heterocycles. The predicted molar refractivity (Wildman–Crippen MR) is 70.0 cm³/mol. The van der Waals surface area contributed by atoms with Crippen molar-refractivity contribution in [1.29, 1.82) is 0 Å². The van der Waals surface area contributed by atoms with Gasteiger partial charge in [-0.15, -0.1) is 0 Å². The Bertz CT molecular complexity index is 497. The monoisotopic (exact) mass is 248 g/mol. The quantitative estimate of drug-likeness (QED) is 0.882. The van der Waals surface area contributed by atoms with Crippen LogP contribution in [0.3, 0.4) is 0 Å². The van der Waals surface area contributed by atoms with Gasteiger partial charge in [0.1, 0.15) is 11.6 Å². The minimum Gasteiger partial charge on any atom is -0.467 e. The van der Waals surface area contributed by atoms with E-state index in [1.54, 1.807) is 12.3 Å². The van der Waals surface area contributed by atoms with Crippen molar-refractivity contribution in [2.24, 2.45) is 0 Å². The second kappa shape index (κ2) is 5.69. The second-order valence-electron chi connectivity index (χ2n) is 4.20. The summed E-state index contributed by atoms with van der Waals surface area (Å²) >= 11 is 0. The lowest BCUT2D eigenvalue weighted by atomic mass is 10.1. The van der Waals surface area contributed by atoms with Crippen molar-refractivity contribution in [2.75, 3.05) is 19.0 Å². The molecule has 0 saturated carbocycles. The first-order valence-electron chi connectivity index (χ1n) is 5.88. The first-order chi connectivity index (χ1) is 8.72. The standard InChI is InChI=1S/C14H17FN2O/c1-16-9-12-13(15)6-3-7-14(12)17(2)10-11-5-4-8-18-11/h3-8,16H,9-10H2,1-2H3. The van der Waals surface area contributed by atoms with E-state index in [0.717, 1.165) is 11.4 Å². The molecule has 1 aromatic carbocycles. The third kappa shape index (κ3) is 2.71. The van der Waals surface area contributed by atoms with Crippen LogP contribution in [-0.2, 0) is 13.1 Å². The number of halogens is 1. The minimum atomic E-state index is -0.187. The highest BCUT2D eigenvalue weighted by Crippen LogP contribution is 2.23. The van der Waals surface area contributed by atoms with Crippen LogP contribution in [0.1, 0.15) is 11.3 Å². The van der Waals surface area contributed by atoms with Crippen LogP contribution in [0.4, 0.5) is 10.1 Å². The molecule has 1 aromatic heterocycles. The lowest BCUT2D eigenvalue weighted by Crippen LogP contribution is -2.20. The first kappa shape index (κ1) is 12.6. The smallest absolute Gasteiger partial charge is 0.129 e. The molecule has 0 spiro atoms. The van der Waals surface area contributed by atoms with Crippen LogP contribution < -0.4 is 10.2 Å². The lowest BCUT2D eigenvalue weighted by Gasteiger charge is -2.21. The van der Waals surface area contributed by atoms with Gasteiger partial charge in [0.15, 0.2) is 0 Å². The zero-order valence-electron chi connectivity index (χ0n) is 10.6. The molecule has 2 aromatic rings. The minimum absolute atomic E-state index is 0.187. The molecule has 0 aliphatic carbocycles. The summed E-state index contributed by atoms with van der Waals surface area (Å²) in [6.07, 6.45) is 1.64. The van der Waals surface area contributed by atoms with Gasteiger partial charge < -0.3 is 14.6 Å². The Kier molecular flexibility index (Phi) is 3.99. The van der Waals surface area contributed by atoms with Gasteiger partial charge in [0.2, 0.25) is 0 Å². The summed E-state index contributed by atoms with van der Waals surface area (Å²) in [4.78, 5) is 1.98. The Labute approximate surface area is 106 Å². The number of benzene rings is 1. The first-order valence-corrected chi connectivity index (χ1v) is 5.88. The summed E-state index contributed by atoms with van der Waals surface area (Å²) in [5.74, 6) is 0.672. The molecule has 0 aliphatic rings. The Morgan fingerprint density at radius 3 is 2.78 bits per heavy atom. The van der Waals surface area contributed by atoms with E-state index in [1.807, 2.05) is 37.2 Å². The molecule has 0 saturated heterocycles. The normalized spacial score (nSPS) is 10.6. The van der Waals surface area contributed by atoms with Crippen LogP contribution in [0.25, 0.3) is 0 Å². The van der Waals surface area contributed by atoms with Crippen LogP contribution in [0.15, 0.2) is 41.0 Å². The highest BCUT2D eigenvalue weighted by molar-refractivity contribution is 5.53. The number of hydrogen-bond acceptors (Lipinski definition) is 3. The van der Waals surface area contributed by atoms with E-state index in [4.69, 9.17) is 4.42 Å². The van der Waals surface area contributed by atoms with E-state index in [-0.39, 0.29) is 5.82 Å². The molecule has 0 atom stereocenters. The Morgan fingerprint density at radius 1 is 1.28 bits per heavy atom. The van der Waals surface area contributed by atoms with Crippen molar-refractivity contribution in [3.8, 4) is 0 Å². The average molecular weight is 248 g/mol. The summed E-state index contributed by atoms with van der Waals surface area (Å²) < 4.78 is 19.1. The molecule has 96 valence electrons. The third-order valence-electron chi connectivity index (χ3n) is 2.83. The molecule has 0 radical (unpaired) electrons. The molecule has 1 heterocycles. The molecule has 3 nitrogen and oxygen atoms in total. The van der Waals surface area contributed by atoms with Crippen molar-refractivity contribution in [3.63, 3.8) is 0 Å². The second-order valence-corrected chi connectivity index (χ2v) is 4.20. The van der Waals surface area contributed by atoms with E-state index in [0.29, 0.717) is 18.7 Å². The van der Waals surface area contributed by atoms with Crippen LogP contribution >= 0.6 is 0 Å². The van der Waals surface area contributed by atoms with Gasteiger partial charge in [-0.3, -0.25) is 0 Å². The summed E-state index contributed by atoms with van der Waals surface area (Å²) in [5.41, 5.74) is 1.55. The number of nitrogens with one attached hydrogen (secondary N) is 1. The lowest BCUT2D eigenvalue weighted by molar-refractivity contribution is 0.506. The van der Waals surface area contributed by atoms with E-state index >= 15 is 0 Å². The van der Waals surface area contributed by atoms with Gasteiger partial charge in [-0.1, -0.05) is 6.07 Å². The molecule has 18 heavy (non-hydrogen) atoms. The van der Waals surface area contributed by atoms with Crippen LogP contribution in [0, 0.1) is 5.82 Å². The van der Waals surface area contributed by atoms with Gasteiger partial charge in [0, 0.05) is 24.8 Å². The molecule has 1 N–H and O–H groups in total. The number of nitrogens with zero attached hydrogens (tertiary/aromatic N) is 1. The fourth-order valence-electron chi connectivity index (χ4n) is 1.98. The summed E-state index contributed by atoms with van der Waals surface area (Å²) in [6, 6.07) is 8.88. The number of hydrogen-bond donors (Lipinski definition) is 1. The summed E-state index contributed by atoms with van der Waals surface area (Å²) in [6.45, 7) is 1.12. The molecular formula is C14H17FN2O. The summed E-state index contributed by atoms with van der Waals surface area (Å²) in [7, 11) is 3.74. The van der Waals surface area contributed by atoms with E-state index in [1.165, 1.54) is 6.07 Å². The van der Waals surface area contributed by atoms with Gasteiger partial charge in [-0.2, -0.15) is 0 Å². The third-order valence-corrected chi connectivity index (χ3v) is 2.83. The summed E-state index contributed by atoms with van der Waals surface area (Å²) in [5, 5.41) is 2.99. The van der Waals surface area contributed by atoms with Crippen molar-refractivity contribution >= 4 is 5.69 Å².